The van der Waals surface area contributed by atoms with Crippen LogP contribution in [0, 0.1) is 11.3 Å². The molecule has 1 rings (SSSR count). The summed E-state index contributed by atoms with van der Waals surface area (Å²) in [4.78, 5) is 23.5. The van der Waals surface area contributed by atoms with E-state index in [2.05, 4.69) is 13.5 Å². The largest absolute Gasteiger partial charge is 0.466 e. The Kier molecular flexibility index (Phi) is 5.57. The molecule has 0 aromatic carbocycles. The van der Waals surface area contributed by atoms with Crippen LogP contribution >= 0.6 is 0 Å². The fourth-order valence-electron chi connectivity index (χ4n) is 2.86. The van der Waals surface area contributed by atoms with Gasteiger partial charge in [-0.05, 0) is 38.0 Å². The summed E-state index contributed by atoms with van der Waals surface area (Å²) >= 11 is 0. The van der Waals surface area contributed by atoms with E-state index in [-0.39, 0.29) is 17.3 Å². The maximum absolute atomic E-state index is 11.9. The van der Waals surface area contributed by atoms with Crippen LogP contribution in [0.25, 0.3) is 0 Å². The first-order chi connectivity index (χ1) is 8.50. The van der Waals surface area contributed by atoms with Gasteiger partial charge in [-0.3, -0.25) is 9.59 Å². The summed E-state index contributed by atoms with van der Waals surface area (Å²) < 4.78 is 5.10. The third-order valence-corrected chi connectivity index (χ3v) is 3.67. The number of ketones is 1. The van der Waals surface area contributed by atoms with E-state index in [9.17, 15) is 9.59 Å². The van der Waals surface area contributed by atoms with Gasteiger partial charge >= 0.3 is 5.97 Å². The van der Waals surface area contributed by atoms with Crippen molar-refractivity contribution in [3.63, 3.8) is 0 Å². The highest BCUT2D eigenvalue weighted by molar-refractivity contribution is 5.80. The van der Waals surface area contributed by atoms with E-state index in [1.54, 1.807) is 6.08 Å². The summed E-state index contributed by atoms with van der Waals surface area (Å²) in [5, 5.41) is 0. The van der Waals surface area contributed by atoms with E-state index >= 15 is 0 Å². The molecule has 0 aromatic heterocycles. The van der Waals surface area contributed by atoms with Gasteiger partial charge in [-0.15, -0.1) is 6.58 Å². The van der Waals surface area contributed by atoms with E-state index in [4.69, 9.17) is 4.74 Å². The Labute approximate surface area is 110 Å². The minimum absolute atomic E-state index is 0.0459. The lowest BCUT2D eigenvalue weighted by Gasteiger charge is -2.35. The summed E-state index contributed by atoms with van der Waals surface area (Å²) in [6.07, 6.45) is 6.37. The van der Waals surface area contributed by atoms with E-state index in [1.807, 2.05) is 6.92 Å². The molecule has 3 heteroatoms. The minimum Gasteiger partial charge on any atom is -0.466 e. The molecule has 0 saturated heterocycles. The number of hydrogen-bond acceptors (Lipinski definition) is 3. The Balaban J connectivity index is 2.66. The number of ether oxygens (including phenoxy) is 1. The quantitative estimate of drug-likeness (QED) is 0.538. The van der Waals surface area contributed by atoms with Crippen LogP contribution in [0.4, 0.5) is 0 Å². The molecule has 1 aliphatic rings. The molecule has 0 N–H and O–H groups in total. The van der Waals surface area contributed by atoms with Gasteiger partial charge in [0.1, 0.15) is 5.78 Å². The summed E-state index contributed by atoms with van der Waals surface area (Å²) in [5.41, 5.74) is -0.0459. The van der Waals surface area contributed by atoms with Crippen molar-refractivity contribution in [3.05, 3.63) is 12.7 Å². The van der Waals surface area contributed by atoms with Crippen molar-refractivity contribution in [3.8, 4) is 0 Å². The SMILES string of the molecule is C=CC[C@@H](C[C@@]1(C)CCCC(=O)C1)C(=O)OCC. The molecule has 0 spiro atoms. The maximum Gasteiger partial charge on any atom is 0.309 e. The average molecular weight is 252 g/mol. The van der Waals surface area contributed by atoms with Gasteiger partial charge in [0.25, 0.3) is 0 Å². The topological polar surface area (TPSA) is 43.4 Å². The predicted molar refractivity (Wildman–Crippen MR) is 71.1 cm³/mol. The van der Waals surface area contributed by atoms with Crippen LogP contribution in [0.2, 0.25) is 0 Å². The summed E-state index contributed by atoms with van der Waals surface area (Å²) in [6, 6.07) is 0. The lowest BCUT2D eigenvalue weighted by atomic mass is 9.69. The molecular formula is C15H24O3. The van der Waals surface area contributed by atoms with Gasteiger partial charge < -0.3 is 4.74 Å². The third kappa shape index (κ3) is 4.28. The van der Waals surface area contributed by atoms with E-state index in [0.29, 0.717) is 31.7 Å². The normalized spacial score (nSPS) is 25.6. The highest BCUT2D eigenvalue weighted by Gasteiger charge is 2.35. The number of rotatable bonds is 6. The fraction of sp³-hybridized carbons (Fsp3) is 0.733. The first-order valence-corrected chi connectivity index (χ1v) is 6.80. The summed E-state index contributed by atoms with van der Waals surface area (Å²) in [6.45, 7) is 8.03. The Morgan fingerprint density at radius 2 is 2.33 bits per heavy atom. The van der Waals surface area contributed by atoms with Crippen LogP contribution < -0.4 is 0 Å². The summed E-state index contributed by atoms with van der Waals surface area (Å²) in [5.74, 6) is 0.0139. The van der Waals surface area contributed by atoms with Gasteiger partial charge in [-0.1, -0.05) is 13.0 Å². The molecule has 1 saturated carbocycles. The monoisotopic (exact) mass is 252 g/mol. The van der Waals surface area contributed by atoms with Gasteiger partial charge in [-0.25, -0.2) is 0 Å². The van der Waals surface area contributed by atoms with E-state index in [1.165, 1.54) is 0 Å². The lowest BCUT2D eigenvalue weighted by Crippen LogP contribution is -2.31. The second-order valence-corrected chi connectivity index (χ2v) is 5.56. The fourth-order valence-corrected chi connectivity index (χ4v) is 2.86. The molecule has 102 valence electrons. The number of carbonyl (C=O) groups is 2. The second-order valence-electron chi connectivity index (χ2n) is 5.56. The van der Waals surface area contributed by atoms with Crippen molar-refractivity contribution < 1.29 is 14.3 Å². The molecule has 18 heavy (non-hydrogen) atoms. The van der Waals surface area contributed by atoms with Gasteiger partial charge in [0.05, 0.1) is 12.5 Å². The standard InChI is InChI=1S/C15H24O3/c1-4-7-12(14(17)18-5-2)10-15(3)9-6-8-13(16)11-15/h4,12H,1,5-11H2,2-3H3/t12-,15+/m0/s1. The molecule has 1 aliphatic carbocycles. The Hall–Kier alpha value is -1.12. The molecule has 0 unspecified atom stereocenters. The molecular weight excluding hydrogens is 228 g/mol. The zero-order valence-corrected chi connectivity index (χ0v) is 11.5. The van der Waals surface area contributed by atoms with Crippen molar-refractivity contribution in [1.82, 2.24) is 0 Å². The first-order valence-electron chi connectivity index (χ1n) is 6.80. The zero-order valence-electron chi connectivity index (χ0n) is 11.5. The average Bonchev–Trinajstić information content (AvgIpc) is 2.28. The van der Waals surface area contributed by atoms with Crippen molar-refractivity contribution in [2.24, 2.45) is 11.3 Å². The van der Waals surface area contributed by atoms with Crippen LogP contribution in [-0.2, 0) is 14.3 Å². The van der Waals surface area contributed by atoms with Crippen LogP contribution in [0.15, 0.2) is 12.7 Å². The number of allylic oxidation sites excluding steroid dienone is 1. The van der Waals surface area contributed by atoms with Gasteiger partial charge in [0.2, 0.25) is 0 Å². The minimum atomic E-state index is -0.156. The molecule has 0 aromatic rings. The smallest absolute Gasteiger partial charge is 0.309 e. The highest BCUT2D eigenvalue weighted by Crippen LogP contribution is 2.40. The summed E-state index contributed by atoms with van der Waals surface area (Å²) in [7, 11) is 0. The molecule has 3 nitrogen and oxygen atoms in total. The molecule has 0 radical (unpaired) electrons. The maximum atomic E-state index is 11.9. The second kappa shape index (κ2) is 6.72. The van der Waals surface area contributed by atoms with Crippen molar-refractivity contribution in [1.29, 1.82) is 0 Å². The molecule has 1 fully saturated rings. The Morgan fingerprint density at radius 1 is 1.61 bits per heavy atom. The van der Waals surface area contributed by atoms with Crippen LogP contribution in [-0.4, -0.2) is 18.4 Å². The van der Waals surface area contributed by atoms with Crippen LogP contribution in [0.5, 0.6) is 0 Å². The van der Waals surface area contributed by atoms with E-state index in [0.717, 1.165) is 19.3 Å². The molecule has 0 amide bonds. The lowest BCUT2D eigenvalue weighted by molar-refractivity contribution is -0.149. The van der Waals surface area contributed by atoms with Gasteiger partial charge in [-0.2, -0.15) is 0 Å². The number of esters is 1. The Bertz CT molecular complexity index is 322. The van der Waals surface area contributed by atoms with Crippen LogP contribution in [0.3, 0.4) is 0 Å². The third-order valence-electron chi connectivity index (χ3n) is 3.67. The first kappa shape index (κ1) is 14.9. The predicted octanol–water partition coefficient (Wildman–Crippen LogP) is 3.28. The van der Waals surface area contributed by atoms with Gasteiger partial charge in [0.15, 0.2) is 0 Å². The number of hydrogen-bond donors (Lipinski definition) is 0. The van der Waals surface area contributed by atoms with Crippen molar-refractivity contribution in [2.75, 3.05) is 6.61 Å². The molecule has 0 heterocycles. The van der Waals surface area contributed by atoms with E-state index < -0.39 is 0 Å². The van der Waals surface area contributed by atoms with Crippen molar-refractivity contribution in [2.45, 2.75) is 52.4 Å². The number of carbonyl (C=O) groups excluding carboxylic acids is 2. The highest BCUT2D eigenvalue weighted by atomic mass is 16.5. The Morgan fingerprint density at radius 3 is 2.89 bits per heavy atom. The number of Topliss-reactive ketones (excluding diaryl/α,β-unsaturated/α-hetero) is 1. The molecule has 0 bridgehead atoms. The van der Waals surface area contributed by atoms with Crippen molar-refractivity contribution >= 4 is 11.8 Å². The van der Waals surface area contributed by atoms with Crippen LogP contribution in [0.1, 0.15) is 52.4 Å². The van der Waals surface area contributed by atoms with Gasteiger partial charge in [0, 0.05) is 12.8 Å². The zero-order chi connectivity index (χ0) is 13.6. The molecule has 2 atom stereocenters. The molecule has 0 aliphatic heterocycles.